The highest BCUT2D eigenvalue weighted by molar-refractivity contribution is 7.09. The first-order chi connectivity index (χ1) is 22.6. The molecule has 0 unspecified atom stereocenters. The molecular formula is C36H44N4O5S. The van der Waals surface area contributed by atoms with Gasteiger partial charge >= 0.3 is 0 Å². The zero-order chi connectivity index (χ0) is 32.0. The number of nitrogens with one attached hydrogen (secondary N) is 1. The van der Waals surface area contributed by atoms with Crippen LogP contribution in [-0.2, 0) is 30.9 Å². The maximum absolute atomic E-state index is 12.8. The molecule has 0 saturated carbocycles. The Morgan fingerprint density at radius 3 is 2.46 bits per heavy atom. The van der Waals surface area contributed by atoms with Gasteiger partial charge in [0.2, 0.25) is 0 Å². The Hall–Kier alpha value is -3.96. The largest absolute Gasteiger partial charge is 0.493 e. The molecule has 0 aliphatic carbocycles. The van der Waals surface area contributed by atoms with E-state index in [1.165, 1.54) is 16.9 Å². The number of carbonyl (C=O) groups is 1. The van der Waals surface area contributed by atoms with Gasteiger partial charge in [0.25, 0.3) is 5.91 Å². The molecule has 1 aliphatic rings. The summed E-state index contributed by atoms with van der Waals surface area (Å²) in [7, 11) is 3.30. The Kier molecular flexibility index (Phi) is 12.8. The van der Waals surface area contributed by atoms with Crippen LogP contribution in [0.25, 0.3) is 0 Å². The van der Waals surface area contributed by atoms with Crippen molar-refractivity contribution in [1.29, 1.82) is 0 Å². The molecule has 46 heavy (non-hydrogen) atoms. The average Bonchev–Trinajstić information content (AvgIpc) is 3.58. The lowest BCUT2D eigenvalue weighted by Gasteiger charge is -2.26. The number of benzene rings is 3. The van der Waals surface area contributed by atoms with Crippen molar-refractivity contribution >= 4 is 17.2 Å². The predicted octanol–water partition coefficient (Wildman–Crippen LogP) is 5.44. The number of amides is 1. The number of carbonyl (C=O) groups excluding carboxylic acids is 1. The van der Waals surface area contributed by atoms with E-state index in [9.17, 15) is 4.79 Å². The van der Waals surface area contributed by atoms with E-state index in [0.717, 1.165) is 86.4 Å². The summed E-state index contributed by atoms with van der Waals surface area (Å²) in [4.78, 5) is 22.3. The Morgan fingerprint density at radius 1 is 0.935 bits per heavy atom. The minimum Gasteiger partial charge on any atom is -0.493 e. The first-order valence-corrected chi connectivity index (χ1v) is 16.7. The Labute approximate surface area is 276 Å². The molecule has 1 aromatic heterocycles. The monoisotopic (exact) mass is 644 g/mol. The van der Waals surface area contributed by atoms with Gasteiger partial charge in [0.15, 0.2) is 11.5 Å². The van der Waals surface area contributed by atoms with Gasteiger partial charge in [-0.2, -0.15) is 0 Å². The Morgan fingerprint density at radius 2 is 1.70 bits per heavy atom. The summed E-state index contributed by atoms with van der Waals surface area (Å²) in [6.07, 6.45) is 1.73. The van der Waals surface area contributed by atoms with Crippen LogP contribution in [0, 0.1) is 0 Å². The number of hydrogen-bond donors (Lipinski definition) is 1. The number of rotatable bonds is 17. The van der Waals surface area contributed by atoms with E-state index >= 15 is 0 Å². The van der Waals surface area contributed by atoms with Crippen molar-refractivity contribution in [3.63, 3.8) is 0 Å². The quantitative estimate of drug-likeness (QED) is 0.152. The highest BCUT2D eigenvalue weighted by Gasteiger charge is 2.16. The molecule has 0 bridgehead atoms. The Bertz CT molecular complexity index is 1490. The first kappa shape index (κ1) is 33.4. The van der Waals surface area contributed by atoms with Crippen LogP contribution in [0.3, 0.4) is 0 Å². The highest BCUT2D eigenvalue weighted by atomic mass is 32.1. The van der Waals surface area contributed by atoms with E-state index in [0.29, 0.717) is 31.1 Å². The summed E-state index contributed by atoms with van der Waals surface area (Å²) < 4.78 is 22.3. The third-order valence-electron chi connectivity index (χ3n) is 7.93. The molecule has 1 amide bonds. The molecule has 4 aromatic rings. The molecule has 2 heterocycles. The maximum Gasteiger partial charge on any atom is 0.270 e. The van der Waals surface area contributed by atoms with Gasteiger partial charge < -0.3 is 24.3 Å². The first-order valence-electron chi connectivity index (χ1n) is 15.8. The molecule has 0 radical (unpaired) electrons. The van der Waals surface area contributed by atoms with Crippen molar-refractivity contribution in [2.24, 2.45) is 0 Å². The number of nitrogens with zero attached hydrogens (tertiary/aromatic N) is 3. The standard InChI is InChI=1S/C36H44N4O5S/c1-42-33-14-11-28(23-34(33)43-2)15-18-40(24-29-9-12-31(13-10-29)45-26-30-7-4-3-5-8-30)25-35-38-32(27-46-35)36(41)37-16-6-17-39-19-21-44-22-20-39/h3-5,7-14,23,27H,6,15-22,24-26H2,1-2H3,(H,37,41). The van der Waals surface area contributed by atoms with Gasteiger partial charge in [-0.05, 0) is 60.3 Å². The van der Waals surface area contributed by atoms with Crippen LogP contribution < -0.4 is 19.5 Å². The lowest BCUT2D eigenvalue weighted by atomic mass is 10.1. The van der Waals surface area contributed by atoms with Gasteiger partial charge in [-0.25, -0.2) is 4.98 Å². The smallest absolute Gasteiger partial charge is 0.270 e. The topological polar surface area (TPSA) is 85.4 Å². The van der Waals surface area contributed by atoms with Gasteiger partial charge in [0, 0.05) is 38.1 Å². The molecule has 9 nitrogen and oxygen atoms in total. The number of aromatic nitrogens is 1. The lowest BCUT2D eigenvalue weighted by molar-refractivity contribution is 0.0374. The zero-order valence-electron chi connectivity index (χ0n) is 26.8. The summed E-state index contributed by atoms with van der Waals surface area (Å²) in [6, 6.07) is 24.5. The second kappa shape index (κ2) is 17.7. The zero-order valence-corrected chi connectivity index (χ0v) is 27.6. The Balaban J connectivity index is 1.19. The normalized spacial score (nSPS) is 13.5. The second-order valence-electron chi connectivity index (χ2n) is 11.3. The van der Waals surface area contributed by atoms with Crippen molar-refractivity contribution in [2.45, 2.75) is 32.5 Å². The summed E-state index contributed by atoms with van der Waals surface area (Å²) in [6.45, 7) is 7.77. The van der Waals surface area contributed by atoms with Crippen LogP contribution in [0.5, 0.6) is 17.2 Å². The van der Waals surface area contributed by atoms with E-state index in [4.69, 9.17) is 23.9 Å². The minimum absolute atomic E-state index is 0.118. The lowest BCUT2D eigenvalue weighted by Crippen LogP contribution is -2.38. The number of morpholine rings is 1. The SMILES string of the molecule is COc1ccc(CCN(Cc2ccc(OCc3ccccc3)cc2)Cc2nc(C(=O)NCCCN3CCOCC3)cs2)cc1OC. The number of methoxy groups -OCH3 is 2. The van der Waals surface area contributed by atoms with E-state index < -0.39 is 0 Å². The fourth-order valence-corrected chi connectivity index (χ4v) is 6.14. The molecule has 1 N–H and O–H groups in total. The molecule has 244 valence electrons. The predicted molar refractivity (Wildman–Crippen MR) is 181 cm³/mol. The fourth-order valence-electron chi connectivity index (χ4n) is 5.33. The van der Waals surface area contributed by atoms with Crippen LogP contribution in [0.1, 0.15) is 38.6 Å². The van der Waals surface area contributed by atoms with E-state index in [1.807, 2.05) is 47.8 Å². The molecule has 1 saturated heterocycles. The van der Waals surface area contributed by atoms with Crippen molar-refractivity contribution in [3.05, 3.63) is 106 Å². The molecule has 0 atom stereocenters. The van der Waals surface area contributed by atoms with Gasteiger partial charge in [-0.1, -0.05) is 48.5 Å². The molecule has 0 spiro atoms. The number of hydrogen-bond acceptors (Lipinski definition) is 9. The van der Waals surface area contributed by atoms with Crippen LogP contribution in [0.15, 0.2) is 78.2 Å². The molecule has 1 fully saturated rings. The van der Waals surface area contributed by atoms with Gasteiger partial charge in [0.05, 0.1) is 34.0 Å². The molecule has 1 aliphatic heterocycles. The van der Waals surface area contributed by atoms with Crippen LogP contribution in [0.2, 0.25) is 0 Å². The number of thiazole rings is 1. The summed E-state index contributed by atoms with van der Waals surface area (Å²) in [5.41, 5.74) is 3.95. The van der Waals surface area contributed by atoms with Crippen molar-refractivity contribution in [2.75, 3.05) is 60.2 Å². The fraction of sp³-hybridized carbons (Fsp3) is 0.389. The molecule has 3 aromatic carbocycles. The second-order valence-corrected chi connectivity index (χ2v) is 12.2. The van der Waals surface area contributed by atoms with Crippen LogP contribution in [0.4, 0.5) is 0 Å². The van der Waals surface area contributed by atoms with E-state index in [1.54, 1.807) is 14.2 Å². The van der Waals surface area contributed by atoms with Gasteiger partial charge in [-0.3, -0.25) is 14.6 Å². The highest BCUT2D eigenvalue weighted by Crippen LogP contribution is 2.28. The summed E-state index contributed by atoms with van der Waals surface area (Å²) in [5.74, 6) is 2.16. The third-order valence-corrected chi connectivity index (χ3v) is 8.76. The average molecular weight is 645 g/mol. The minimum atomic E-state index is -0.118. The molecule has 5 rings (SSSR count). The van der Waals surface area contributed by atoms with Crippen molar-refractivity contribution in [3.8, 4) is 17.2 Å². The summed E-state index contributed by atoms with van der Waals surface area (Å²) in [5, 5.41) is 5.81. The van der Waals surface area contributed by atoms with Crippen molar-refractivity contribution in [1.82, 2.24) is 20.1 Å². The van der Waals surface area contributed by atoms with E-state index in [2.05, 4.69) is 45.4 Å². The molecular weight excluding hydrogens is 600 g/mol. The van der Waals surface area contributed by atoms with Crippen molar-refractivity contribution < 1.29 is 23.7 Å². The van der Waals surface area contributed by atoms with Gasteiger partial charge in [0.1, 0.15) is 23.1 Å². The maximum atomic E-state index is 12.8. The van der Waals surface area contributed by atoms with Crippen LogP contribution in [-0.4, -0.2) is 80.8 Å². The molecule has 10 heteroatoms. The third kappa shape index (κ3) is 10.3. The van der Waals surface area contributed by atoms with E-state index in [-0.39, 0.29) is 5.91 Å². The van der Waals surface area contributed by atoms with Crippen LogP contribution >= 0.6 is 11.3 Å². The number of ether oxygens (including phenoxy) is 4. The van der Waals surface area contributed by atoms with Gasteiger partial charge in [-0.15, -0.1) is 11.3 Å². The summed E-state index contributed by atoms with van der Waals surface area (Å²) >= 11 is 1.53.